The molecule has 0 saturated heterocycles. The predicted octanol–water partition coefficient (Wildman–Crippen LogP) is 1.34. The molecule has 2 amide bonds. The molecule has 33 heavy (non-hydrogen) atoms. The van der Waals surface area contributed by atoms with Gasteiger partial charge in [0.15, 0.2) is 0 Å². The van der Waals surface area contributed by atoms with E-state index in [1.807, 2.05) is 20.8 Å². The van der Waals surface area contributed by atoms with Crippen LogP contribution in [-0.4, -0.2) is 42.1 Å². The molecule has 0 spiro atoms. The van der Waals surface area contributed by atoms with E-state index in [1.54, 1.807) is 0 Å². The lowest BCUT2D eigenvalue weighted by atomic mass is 9.93. The minimum Gasteiger partial charge on any atom is -0.387 e. The molecule has 0 radical (unpaired) electrons. The molecule has 0 aliphatic heterocycles. The van der Waals surface area contributed by atoms with E-state index in [1.165, 1.54) is 24.3 Å². The van der Waals surface area contributed by atoms with Crippen LogP contribution in [0.3, 0.4) is 0 Å². The van der Waals surface area contributed by atoms with Crippen molar-refractivity contribution in [1.82, 2.24) is 5.32 Å². The van der Waals surface area contributed by atoms with Gasteiger partial charge >= 0.3 is 0 Å². The molecule has 0 heterocycles. The van der Waals surface area contributed by atoms with Crippen molar-refractivity contribution in [3.8, 4) is 0 Å². The van der Waals surface area contributed by atoms with E-state index in [4.69, 9.17) is 22.9 Å². The molecule has 0 fully saturated rings. The van der Waals surface area contributed by atoms with Gasteiger partial charge in [-0.3, -0.25) is 19.9 Å². The van der Waals surface area contributed by atoms with Gasteiger partial charge in [-0.15, -0.1) is 0 Å². The van der Waals surface area contributed by atoms with Crippen LogP contribution in [0.4, 0.5) is 0 Å². The summed E-state index contributed by atoms with van der Waals surface area (Å²) in [5.41, 5.74) is 23.1. The fourth-order valence-corrected chi connectivity index (χ4v) is 2.13. The Balaban J connectivity index is 2.80. The van der Waals surface area contributed by atoms with Gasteiger partial charge in [-0.25, -0.2) is 4.99 Å². The summed E-state index contributed by atoms with van der Waals surface area (Å²) in [5.74, 6) is -1.36. The lowest BCUT2D eigenvalue weighted by Crippen LogP contribution is -2.38. The van der Waals surface area contributed by atoms with Crippen LogP contribution < -0.4 is 28.3 Å². The first-order valence-electron chi connectivity index (χ1n) is 10.4. The molecule has 0 aliphatic rings. The van der Waals surface area contributed by atoms with Crippen LogP contribution >= 0.6 is 0 Å². The molecule has 1 aromatic carbocycles. The number of hydrogen-bond acceptors (Lipinski definition) is 3. The van der Waals surface area contributed by atoms with Crippen LogP contribution in [0.5, 0.6) is 0 Å². The number of guanidine groups is 3. The molecule has 180 valence electrons. The molecule has 0 bridgehead atoms. The van der Waals surface area contributed by atoms with Gasteiger partial charge in [0.2, 0.25) is 17.9 Å². The van der Waals surface area contributed by atoms with Crippen molar-refractivity contribution in [1.29, 1.82) is 0 Å². The Labute approximate surface area is 194 Å². The van der Waals surface area contributed by atoms with E-state index in [9.17, 15) is 9.59 Å². The van der Waals surface area contributed by atoms with Crippen LogP contribution in [0.25, 0.3) is 0 Å². The maximum Gasteiger partial charge on any atom is 0.280 e. The molecule has 0 atom stereocenters. The summed E-state index contributed by atoms with van der Waals surface area (Å²) in [7, 11) is 0. The zero-order valence-corrected chi connectivity index (χ0v) is 20.1. The van der Waals surface area contributed by atoms with Crippen molar-refractivity contribution in [3.63, 3.8) is 0 Å². The molecule has 9 N–H and O–H groups in total. The average molecular weight is 458 g/mol. The first-order chi connectivity index (χ1) is 15.1. The Morgan fingerprint density at radius 2 is 1.36 bits per heavy atom. The lowest BCUT2D eigenvalue weighted by Gasteiger charge is -2.16. The second kappa shape index (κ2) is 11.2. The topological polar surface area (TPSA) is 200 Å². The van der Waals surface area contributed by atoms with Gasteiger partial charge in [0.25, 0.3) is 11.8 Å². The number of rotatable bonds is 4. The highest BCUT2D eigenvalue weighted by molar-refractivity contribution is 6.09. The van der Waals surface area contributed by atoms with E-state index in [0.717, 1.165) is 6.42 Å². The second-order valence-corrected chi connectivity index (χ2v) is 9.60. The van der Waals surface area contributed by atoms with Crippen LogP contribution in [0, 0.1) is 10.8 Å². The summed E-state index contributed by atoms with van der Waals surface area (Å²) in [6.45, 7) is 12.3. The van der Waals surface area contributed by atoms with Crippen LogP contribution in [0.15, 0.2) is 44.2 Å². The first kappa shape index (κ1) is 27.3. The highest BCUT2D eigenvalue weighted by Gasteiger charge is 2.16. The second-order valence-electron chi connectivity index (χ2n) is 9.60. The number of hydrogen-bond donors (Lipinski definition) is 5. The van der Waals surface area contributed by atoms with Crippen molar-refractivity contribution in [3.05, 3.63) is 35.4 Å². The quantitative estimate of drug-likeness (QED) is 0.333. The Morgan fingerprint density at radius 1 is 0.818 bits per heavy atom. The lowest BCUT2D eigenvalue weighted by molar-refractivity contribution is 0.0972. The maximum atomic E-state index is 12.3. The van der Waals surface area contributed by atoms with E-state index in [0.29, 0.717) is 6.54 Å². The van der Waals surface area contributed by atoms with E-state index in [-0.39, 0.29) is 40.3 Å². The number of nitrogens with one attached hydrogen (secondary N) is 1. The Bertz CT molecular complexity index is 977. The standard InChI is InChI=1S/C22H35N9O2/c1-21(2,3)11-12-27-18(24)31-20(26)29-16(33)14-9-7-13(8-10-14)15(32)28-19(25)30-17(23)22(4,5)6/h7-10H,11-12H2,1-6H3,(H4,23,25,28,30,32)(H5,24,26,27,29,31,33). The molecule has 0 aliphatic carbocycles. The fraction of sp³-hybridized carbons (Fsp3) is 0.455. The van der Waals surface area contributed by atoms with Gasteiger partial charge in [-0.05, 0) is 36.1 Å². The molecular weight excluding hydrogens is 422 g/mol. The third kappa shape index (κ3) is 10.4. The summed E-state index contributed by atoms with van der Waals surface area (Å²) >= 11 is 0. The molecule has 1 aromatic rings. The Hall–Kier alpha value is -3.76. The molecule has 0 unspecified atom stereocenters. The summed E-state index contributed by atoms with van der Waals surface area (Å²) in [6.07, 6.45) is 0.826. The number of benzene rings is 1. The number of amides is 2. The van der Waals surface area contributed by atoms with Crippen molar-refractivity contribution in [2.24, 2.45) is 53.7 Å². The van der Waals surface area contributed by atoms with Crippen LogP contribution in [0.1, 0.15) is 68.7 Å². The molecule has 0 saturated carbocycles. The van der Waals surface area contributed by atoms with E-state index >= 15 is 0 Å². The fourth-order valence-electron chi connectivity index (χ4n) is 2.13. The number of nitrogens with zero attached hydrogens (tertiary/aromatic N) is 4. The summed E-state index contributed by atoms with van der Waals surface area (Å²) in [6, 6.07) is 5.74. The zero-order chi connectivity index (χ0) is 25.4. The van der Waals surface area contributed by atoms with Gasteiger partial charge in [-0.2, -0.15) is 9.98 Å². The van der Waals surface area contributed by atoms with E-state index in [2.05, 4.69) is 46.1 Å². The number of aliphatic imine (C=N–C) groups is 4. The molecule has 11 heteroatoms. The molecule has 1 rings (SSSR count). The predicted molar refractivity (Wildman–Crippen MR) is 133 cm³/mol. The minimum absolute atomic E-state index is 0.0248. The largest absolute Gasteiger partial charge is 0.387 e. The Kier molecular flexibility index (Phi) is 9.26. The maximum absolute atomic E-state index is 12.3. The average Bonchev–Trinajstić information content (AvgIpc) is 2.65. The number of amidine groups is 1. The van der Waals surface area contributed by atoms with Gasteiger partial charge in [0.05, 0.1) is 0 Å². The van der Waals surface area contributed by atoms with Crippen molar-refractivity contribution in [2.75, 3.05) is 6.54 Å². The molecule has 0 aromatic heterocycles. The minimum atomic E-state index is -0.620. The SMILES string of the molecule is CC(C)(C)CCN=C(N)N=C(N)NC(=O)c1ccc(C(=O)N=C(N)N=C(N)C(C)(C)C)cc1. The zero-order valence-electron chi connectivity index (χ0n) is 20.1. The summed E-state index contributed by atoms with van der Waals surface area (Å²) in [4.78, 5) is 40.2. The normalized spacial score (nSPS) is 14.2. The monoisotopic (exact) mass is 457 g/mol. The Morgan fingerprint density at radius 3 is 1.88 bits per heavy atom. The van der Waals surface area contributed by atoms with Crippen molar-refractivity contribution >= 4 is 35.5 Å². The van der Waals surface area contributed by atoms with Gasteiger partial charge < -0.3 is 22.9 Å². The van der Waals surface area contributed by atoms with Crippen molar-refractivity contribution < 1.29 is 9.59 Å². The number of carbonyl (C=O) groups is 2. The van der Waals surface area contributed by atoms with Gasteiger partial charge in [0.1, 0.15) is 5.84 Å². The third-order valence-electron chi connectivity index (χ3n) is 4.23. The third-order valence-corrected chi connectivity index (χ3v) is 4.23. The van der Waals surface area contributed by atoms with Gasteiger partial charge in [0, 0.05) is 23.1 Å². The highest BCUT2D eigenvalue weighted by atomic mass is 16.2. The van der Waals surface area contributed by atoms with Crippen LogP contribution in [0.2, 0.25) is 0 Å². The van der Waals surface area contributed by atoms with E-state index < -0.39 is 17.2 Å². The molecule has 11 nitrogen and oxygen atoms in total. The van der Waals surface area contributed by atoms with Crippen LogP contribution in [-0.2, 0) is 0 Å². The highest BCUT2D eigenvalue weighted by Crippen LogP contribution is 2.17. The first-order valence-corrected chi connectivity index (χ1v) is 10.4. The smallest absolute Gasteiger partial charge is 0.280 e. The number of carbonyl (C=O) groups excluding carboxylic acids is 2. The van der Waals surface area contributed by atoms with Gasteiger partial charge in [-0.1, -0.05) is 41.5 Å². The van der Waals surface area contributed by atoms with Crippen molar-refractivity contribution in [2.45, 2.75) is 48.0 Å². The summed E-state index contributed by atoms with van der Waals surface area (Å²) < 4.78 is 0. The number of nitrogens with two attached hydrogens (primary N) is 4. The summed E-state index contributed by atoms with van der Waals surface area (Å²) in [5, 5.41) is 2.41. The molecular formula is C22H35N9O2.